The van der Waals surface area contributed by atoms with Gasteiger partial charge >= 0.3 is 11.9 Å². The third kappa shape index (κ3) is 42.1. The number of carbonyl (C=O) groups excluding carboxylic acids is 3. The molecule has 0 N–H and O–H groups in total. The Hall–Kier alpha value is -2.97. The molecule has 352 valence electrons. The van der Waals surface area contributed by atoms with E-state index in [9.17, 15) is 19.5 Å². The smallest absolute Gasteiger partial charge is 0.306 e. The SMILES string of the molecule is CC/C=C/C/C=C/C/C=C/C/C=C/CCCCCCCCCCCC(=O)OCC(COCCC(C(=O)[O-])[N+](C)(C)C)OC(=O)CCCCCCCCC/C=C/CCCCCC. The monoisotopic (exact) mass is 856 g/mol. The standard InChI is InChI=1S/C53H93NO7/c1-6-8-10-12-14-16-18-20-22-23-24-25-26-27-28-30-31-33-35-37-39-41-43-51(55)60-48-49(47-59-46-45-50(53(57)58)54(3,4)5)61-52(56)44-42-40-38-36-34-32-29-21-19-17-15-13-11-9-7-2/h8,10,14,16-17,19-20,22,24-25,49-50H,6-7,9,11-13,15,18,21,23,26-48H2,1-5H3/b10-8+,16-14+,19-17+,22-20+,25-24+. The van der Waals surface area contributed by atoms with Crippen molar-refractivity contribution in [3.63, 3.8) is 0 Å². The molecule has 0 aromatic carbocycles. The minimum Gasteiger partial charge on any atom is -0.544 e. The molecule has 0 saturated heterocycles. The lowest BCUT2D eigenvalue weighted by Crippen LogP contribution is -2.55. The molecule has 0 saturated carbocycles. The number of hydrogen-bond acceptors (Lipinski definition) is 7. The molecule has 8 heteroatoms. The molecular weight excluding hydrogens is 763 g/mol. The van der Waals surface area contributed by atoms with Crippen LogP contribution in [-0.2, 0) is 28.6 Å². The molecule has 0 aromatic rings. The number of carboxylic acid groups (broad SMARTS) is 1. The summed E-state index contributed by atoms with van der Waals surface area (Å²) in [6.07, 6.45) is 53.8. The predicted molar refractivity (Wildman–Crippen MR) is 254 cm³/mol. The second kappa shape index (κ2) is 43.7. The Balaban J connectivity index is 4.25. The second-order valence-corrected chi connectivity index (χ2v) is 17.7. The quantitative estimate of drug-likeness (QED) is 0.0260. The number of quaternary nitrogens is 1. The lowest BCUT2D eigenvalue weighted by molar-refractivity contribution is -0.889. The van der Waals surface area contributed by atoms with Crippen LogP contribution in [0.5, 0.6) is 0 Å². The first-order valence-corrected chi connectivity index (χ1v) is 24.8. The van der Waals surface area contributed by atoms with E-state index in [1.54, 1.807) is 21.1 Å². The van der Waals surface area contributed by atoms with E-state index in [0.717, 1.165) is 70.6 Å². The lowest BCUT2D eigenvalue weighted by Gasteiger charge is -2.34. The van der Waals surface area contributed by atoms with Gasteiger partial charge < -0.3 is 28.6 Å². The average molecular weight is 856 g/mol. The van der Waals surface area contributed by atoms with Crippen molar-refractivity contribution in [2.45, 2.75) is 219 Å². The first kappa shape index (κ1) is 58.0. The molecule has 0 aromatic heterocycles. The summed E-state index contributed by atoms with van der Waals surface area (Å²) in [5, 5.41) is 11.6. The van der Waals surface area contributed by atoms with E-state index in [1.807, 2.05) is 0 Å². The molecule has 0 fully saturated rings. The number of allylic oxidation sites excluding steroid dienone is 10. The average Bonchev–Trinajstić information content (AvgIpc) is 3.22. The molecule has 0 radical (unpaired) electrons. The molecule has 0 aliphatic heterocycles. The van der Waals surface area contributed by atoms with E-state index in [-0.39, 0.29) is 42.7 Å². The molecule has 0 bridgehead atoms. The minimum absolute atomic E-state index is 0.0361. The van der Waals surface area contributed by atoms with Gasteiger partial charge in [0.25, 0.3) is 0 Å². The second-order valence-electron chi connectivity index (χ2n) is 17.7. The molecular formula is C53H93NO7. The number of ether oxygens (including phenoxy) is 3. The first-order chi connectivity index (χ1) is 29.6. The zero-order valence-electron chi connectivity index (χ0n) is 40.1. The number of unbranched alkanes of at least 4 members (excludes halogenated alkanes) is 20. The van der Waals surface area contributed by atoms with Gasteiger partial charge in [-0.25, -0.2) is 0 Å². The fourth-order valence-electron chi connectivity index (χ4n) is 7.06. The largest absolute Gasteiger partial charge is 0.544 e. The Kier molecular flexibility index (Phi) is 41.5. The van der Waals surface area contributed by atoms with Crippen LogP contribution >= 0.6 is 0 Å². The molecule has 8 nitrogen and oxygen atoms in total. The maximum absolute atomic E-state index is 12.8. The van der Waals surface area contributed by atoms with Gasteiger partial charge in [-0.1, -0.05) is 171 Å². The van der Waals surface area contributed by atoms with Crippen molar-refractivity contribution in [3.05, 3.63) is 60.8 Å². The number of rotatable bonds is 44. The summed E-state index contributed by atoms with van der Waals surface area (Å²) in [6, 6.07) is -0.729. The van der Waals surface area contributed by atoms with Gasteiger partial charge in [-0.15, -0.1) is 0 Å². The molecule has 0 aliphatic carbocycles. The highest BCUT2D eigenvalue weighted by Gasteiger charge is 2.25. The van der Waals surface area contributed by atoms with Crippen molar-refractivity contribution in [2.75, 3.05) is 41.0 Å². The van der Waals surface area contributed by atoms with E-state index >= 15 is 0 Å². The van der Waals surface area contributed by atoms with Crippen molar-refractivity contribution < 1.29 is 38.2 Å². The first-order valence-electron chi connectivity index (χ1n) is 24.8. The molecule has 0 rings (SSSR count). The van der Waals surface area contributed by atoms with Crippen LogP contribution in [0.15, 0.2) is 60.8 Å². The molecule has 0 heterocycles. The number of likely N-dealkylation sites (N-methyl/N-ethyl adjacent to an activating group) is 1. The van der Waals surface area contributed by atoms with Crippen LogP contribution in [0.25, 0.3) is 0 Å². The molecule has 2 unspecified atom stereocenters. The van der Waals surface area contributed by atoms with Gasteiger partial charge in [-0.3, -0.25) is 9.59 Å². The molecule has 0 aliphatic rings. The minimum atomic E-state index is -1.13. The van der Waals surface area contributed by atoms with Crippen LogP contribution in [0.4, 0.5) is 0 Å². The summed E-state index contributed by atoms with van der Waals surface area (Å²) in [6.45, 7) is 4.54. The van der Waals surface area contributed by atoms with Crippen molar-refractivity contribution in [3.8, 4) is 0 Å². The highest BCUT2D eigenvalue weighted by atomic mass is 16.6. The number of aliphatic carboxylic acids is 1. The highest BCUT2D eigenvalue weighted by Crippen LogP contribution is 2.15. The van der Waals surface area contributed by atoms with Gasteiger partial charge in [-0.05, 0) is 77.0 Å². The zero-order valence-corrected chi connectivity index (χ0v) is 40.1. The summed E-state index contributed by atoms with van der Waals surface area (Å²) in [4.78, 5) is 37.0. The van der Waals surface area contributed by atoms with Crippen molar-refractivity contribution in [1.29, 1.82) is 0 Å². The highest BCUT2D eigenvalue weighted by molar-refractivity contribution is 5.70. The van der Waals surface area contributed by atoms with Gasteiger partial charge in [-0.2, -0.15) is 0 Å². The Morgan fingerprint density at radius 1 is 0.508 bits per heavy atom. The number of hydrogen-bond donors (Lipinski definition) is 0. The van der Waals surface area contributed by atoms with Crippen LogP contribution in [0.3, 0.4) is 0 Å². The van der Waals surface area contributed by atoms with Gasteiger partial charge in [0.05, 0.1) is 40.3 Å². The lowest BCUT2D eigenvalue weighted by atomic mass is 10.1. The fraction of sp³-hybridized carbons (Fsp3) is 0.755. The summed E-state index contributed by atoms with van der Waals surface area (Å²) in [5.41, 5.74) is 0. The molecule has 2 atom stereocenters. The van der Waals surface area contributed by atoms with Crippen molar-refractivity contribution in [1.82, 2.24) is 0 Å². The van der Waals surface area contributed by atoms with Crippen molar-refractivity contribution >= 4 is 17.9 Å². The van der Waals surface area contributed by atoms with Gasteiger partial charge in [0.2, 0.25) is 0 Å². The van der Waals surface area contributed by atoms with E-state index in [0.29, 0.717) is 12.8 Å². The maximum Gasteiger partial charge on any atom is 0.306 e. The van der Waals surface area contributed by atoms with Crippen LogP contribution in [0.2, 0.25) is 0 Å². The topological polar surface area (TPSA) is 102 Å². The summed E-state index contributed by atoms with van der Waals surface area (Å²) < 4.78 is 17.2. The summed E-state index contributed by atoms with van der Waals surface area (Å²) >= 11 is 0. The Morgan fingerprint density at radius 3 is 1.38 bits per heavy atom. The van der Waals surface area contributed by atoms with Gasteiger partial charge in [0, 0.05) is 19.3 Å². The zero-order chi connectivity index (χ0) is 44.9. The molecule has 0 amide bonds. The normalized spacial score (nSPS) is 13.4. The maximum atomic E-state index is 12.8. The van der Waals surface area contributed by atoms with Crippen LogP contribution in [-0.4, -0.2) is 75.5 Å². The van der Waals surface area contributed by atoms with E-state index < -0.39 is 18.1 Å². The van der Waals surface area contributed by atoms with Gasteiger partial charge in [0.1, 0.15) is 12.6 Å². The van der Waals surface area contributed by atoms with E-state index in [1.165, 1.54) is 103 Å². The molecule has 61 heavy (non-hydrogen) atoms. The Morgan fingerprint density at radius 2 is 0.918 bits per heavy atom. The van der Waals surface area contributed by atoms with Crippen LogP contribution < -0.4 is 5.11 Å². The third-order valence-electron chi connectivity index (χ3n) is 10.9. The van der Waals surface area contributed by atoms with Gasteiger partial charge in [0.15, 0.2) is 6.10 Å². The van der Waals surface area contributed by atoms with E-state index in [4.69, 9.17) is 14.2 Å². The van der Waals surface area contributed by atoms with Crippen molar-refractivity contribution in [2.24, 2.45) is 0 Å². The van der Waals surface area contributed by atoms with Crippen LogP contribution in [0.1, 0.15) is 206 Å². The van der Waals surface area contributed by atoms with Crippen LogP contribution in [0, 0.1) is 0 Å². The Bertz CT molecular complexity index is 1180. The fourth-order valence-corrected chi connectivity index (χ4v) is 7.06. The summed E-state index contributed by atoms with van der Waals surface area (Å²) in [7, 11) is 5.41. The third-order valence-corrected chi connectivity index (χ3v) is 10.9. The number of nitrogens with zero attached hydrogens (tertiary/aromatic N) is 1. The number of carboxylic acids is 1. The number of carbonyl (C=O) groups is 3. The predicted octanol–water partition coefficient (Wildman–Crippen LogP) is 12.8. The molecule has 0 spiro atoms. The number of esters is 2. The van der Waals surface area contributed by atoms with E-state index in [2.05, 4.69) is 74.6 Å². The summed E-state index contributed by atoms with van der Waals surface area (Å²) in [5.74, 6) is -1.75. The Labute approximate surface area is 375 Å².